The summed E-state index contributed by atoms with van der Waals surface area (Å²) in [6.07, 6.45) is 8.80. The Morgan fingerprint density at radius 3 is 2.75 bits per heavy atom. The fourth-order valence-corrected chi connectivity index (χ4v) is 4.51. The van der Waals surface area contributed by atoms with Gasteiger partial charge in [0.15, 0.2) is 0 Å². The van der Waals surface area contributed by atoms with Crippen LogP contribution in [0.2, 0.25) is 0 Å². The molecule has 0 saturated heterocycles. The highest BCUT2D eigenvalue weighted by atomic mass is 79.9. The van der Waals surface area contributed by atoms with Gasteiger partial charge in [-0.3, -0.25) is 0 Å². The second-order valence-electron chi connectivity index (χ2n) is 6.36. The van der Waals surface area contributed by atoms with E-state index in [1.165, 1.54) is 39.3 Å². The maximum atomic E-state index is 9.69. The van der Waals surface area contributed by atoms with Gasteiger partial charge in [-0.15, -0.1) is 0 Å². The van der Waals surface area contributed by atoms with Crippen molar-refractivity contribution in [3.8, 4) is 0 Å². The summed E-state index contributed by atoms with van der Waals surface area (Å²) in [6, 6.07) is 4.82. The summed E-state index contributed by atoms with van der Waals surface area (Å²) in [5, 5.41) is 11.1. The summed E-state index contributed by atoms with van der Waals surface area (Å²) >= 11 is 3.73. The molecule has 1 N–H and O–H groups in total. The van der Waals surface area contributed by atoms with Crippen LogP contribution in [-0.4, -0.2) is 15.8 Å². The number of aromatic nitrogens is 1. The Hall–Kier alpha value is -0.800. The van der Waals surface area contributed by atoms with Crippen LogP contribution in [0.4, 0.5) is 0 Å². The zero-order valence-electron chi connectivity index (χ0n) is 11.6. The molecule has 106 valence electrons. The van der Waals surface area contributed by atoms with Crippen molar-refractivity contribution in [1.82, 2.24) is 4.57 Å². The molecule has 0 atom stereocenters. The molecule has 0 unspecified atom stereocenters. The van der Waals surface area contributed by atoms with Crippen LogP contribution in [0.15, 0.2) is 22.8 Å². The van der Waals surface area contributed by atoms with Gasteiger partial charge >= 0.3 is 0 Å². The third-order valence-corrected chi connectivity index (χ3v) is 5.67. The molecule has 2 aromatic rings. The Bertz CT molecular complexity index is 653. The van der Waals surface area contributed by atoms with E-state index in [1.54, 1.807) is 0 Å². The number of benzene rings is 1. The number of hydrogen-bond acceptors (Lipinski definition) is 1. The van der Waals surface area contributed by atoms with Gasteiger partial charge in [-0.05, 0) is 77.6 Å². The molecule has 20 heavy (non-hydrogen) atoms. The van der Waals surface area contributed by atoms with Crippen LogP contribution in [-0.2, 0) is 13.0 Å². The second kappa shape index (κ2) is 4.88. The van der Waals surface area contributed by atoms with Crippen molar-refractivity contribution in [2.45, 2.75) is 57.1 Å². The van der Waals surface area contributed by atoms with Crippen LogP contribution in [0.3, 0.4) is 0 Å². The summed E-state index contributed by atoms with van der Waals surface area (Å²) in [6.45, 7) is 1.14. The monoisotopic (exact) mass is 333 g/mol. The van der Waals surface area contributed by atoms with E-state index < -0.39 is 0 Å². The number of aryl methyl sites for hydroxylation is 2. The van der Waals surface area contributed by atoms with Crippen LogP contribution in [0.25, 0.3) is 10.9 Å². The molecule has 1 fully saturated rings. The van der Waals surface area contributed by atoms with Crippen molar-refractivity contribution in [1.29, 1.82) is 0 Å². The maximum absolute atomic E-state index is 9.69. The SMILES string of the molecule is OC1CCC(c2cc3c4c(c2)c(Br)cn4CCC3)CC1. The molecule has 2 nitrogen and oxygen atoms in total. The Labute approximate surface area is 127 Å². The molecular formula is C17H20BrNO. The highest BCUT2D eigenvalue weighted by Gasteiger charge is 2.23. The van der Waals surface area contributed by atoms with E-state index in [0.29, 0.717) is 5.92 Å². The third kappa shape index (κ3) is 2.03. The van der Waals surface area contributed by atoms with Gasteiger partial charge in [0.2, 0.25) is 0 Å². The van der Waals surface area contributed by atoms with Crippen molar-refractivity contribution >= 4 is 26.8 Å². The molecule has 0 bridgehead atoms. The van der Waals surface area contributed by atoms with Crippen molar-refractivity contribution in [2.24, 2.45) is 0 Å². The Morgan fingerprint density at radius 1 is 1.15 bits per heavy atom. The van der Waals surface area contributed by atoms with E-state index in [1.807, 2.05) is 0 Å². The van der Waals surface area contributed by atoms with Gasteiger partial charge in [-0.25, -0.2) is 0 Å². The molecule has 0 spiro atoms. The van der Waals surface area contributed by atoms with Gasteiger partial charge in [0.1, 0.15) is 0 Å². The third-order valence-electron chi connectivity index (χ3n) is 5.04. The number of halogens is 1. The summed E-state index contributed by atoms with van der Waals surface area (Å²) in [5.41, 5.74) is 4.43. The minimum atomic E-state index is -0.0684. The molecule has 2 aliphatic rings. The lowest BCUT2D eigenvalue weighted by molar-refractivity contribution is 0.122. The predicted molar refractivity (Wildman–Crippen MR) is 85.2 cm³/mol. The van der Waals surface area contributed by atoms with E-state index in [0.717, 1.165) is 32.2 Å². The van der Waals surface area contributed by atoms with Crippen LogP contribution < -0.4 is 0 Å². The first-order valence-electron chi connectivity index (χ1n) is 7.71. The van der Waals surface area contributed by atoms with Gasteiger partial charge in [0.25, 0.3) is 0 Å². The molecule has 3 heteroatoms. The molecule has 0 radical (unpaired) electrons. The average molecular weight is 334 g/mol. The summed E-state index contributed by atoms with van der Waals surface area (Å²) in [7, 11) is 0. The van der Waals surface area contributed by atoms with Crippen LogP contribution in [0.1, 0.15) is 49.1 Å². The summed E-state index contributed by atoms with van der Waals surface area (Å²) < 4.78 is 3.63. The molecule has 4 rings (SSSR count). The Morgan fingerprint density at radius 2 is 1.95 bits per heavy atom. The molecule has 1 aromatic heterocycles. The number of hydrogen-bond donors (Lipinski definition) is 1. The quantitative estimate of drug-likeness (QED) is 0.823. The summed E-state index contributed by atoms with van der Waals surface area (Å²) in [4.78, 5) is 0. The molecule has 1 aliphatic heterocycles. The number of aliphatic hydroxyl groups is 1. The largest absolute Gasteiger partial charge is 0.393 e. The zero-order valence-corrected chi connectivity index (χ0v) is 13.2. The van der Waals surface area contributed by atoms with Crippen LogP contribution in [0, 0.1) is 0 Å². The first-order valence-corrected chi connectivity index (χ1v) is 8.51. The van der Waals surface area contributed by atoms with Gasteiger partial charge in [-0.1, -0.05) is 6.07 Å². The second-order valence-corrected chi connectivity index (χ2v) is 7.21. The zero-order chi connectivity index (χ0) is 13.7. The lowest BCUT2D eigenvalue weighted by Crippen LogP contribution is -2.17. The average Bonchev–Trinajstić information content (AvgIpc) is 2.78. The first-order chi connectivity index (χ1) is 9.72. The first kappa shape index (κ1) is 12.9. The van der Waals surface area contributed by atoms with Crippen molar-refractivity contribution in [2.75, 3.05) is 0 Å². The van der Waals surface area contributed by atoms with Gasteiger partial charge in [-0.2, -0.15) is 0 Å². The topological polar surface area (TPSA) is 25.2 Å². The van der Waals surface area contributed by atoms with Gasteiger partial charge in [0, 0.05) is 22.6 Å². The molecule has 1 aromatic carbocycles. The number of rotatable bonds is 1. The van der Waals surface area contributed by atoms with Crippen molar-refractivity contribution < 1.29 is 5.11 Å². The lowest BCUT2D eigenvalue weighted by atomic mass is 9.81. The molecule has 2 heterocycles. The molecule has 1 aliphatic carbocycles. The molecule has 1 saturated carbocycles. The van der Waals surface area contributed by atoms with Crippen molar-refractivity contribution in [3.05, 3.63) is 33.9 Å². The number of nitrogens with zero attached hydrogens (tertiary/aromatic N) is 1. The van der Waals surface area contributed by atoms with Crippen LogP contribution in [0.5, 0.6) is 0 Å². The molecule has 0 amide bonds. The smallest absolute Gasteiger partial charge is 0.0540 e. The molecular weight excluding hydrogens is 314 g/mol. The van der Waals surface area contributed by atoms with E-state index in [-0.39, 0.29) is 6.10 Å². The normalized spacial score (nSPS) is 26.1. The standard InChI is InChI=1S/C17H20BrNO/c18-16-10-19-7-1-2-12-8-13(9-15(16)17(12)19)11-3-5-14(20)6-4-11/h8-11,14,20H,1-7H2. The van der Waals surface area contributed by atoms with Crippen LogP contribution >= 0.6 is 15.9 Å². The predicted octanol–water partition coefficient (Wildman–Crippen LogP) is 4.37. The minimum absolute atomic E-state index is 0.0684. The maximum Gasteiger partial charge on any atom is 0.0540 e. The summed E-state index contributed by atoms with van der Waals surface area (Å²) in [5.74, 6) is 0.635. The van der Waals surface area contributed by atoms with E-state index >= 15 is 0 Å². The fourth-order valence-electron chi connectivity index (χ4n) is 3.96. The minimum Gasteiger partial charge on any atom is -0.393 e. The highest BCUT2D eigenvalue weighted by molar-refractivity contribution is 9.10. The highest BCUT2D eigenvalue weighted by Crippen LogP contribution is 2.39. The lowest BCUT2D eigenvalue weighted by Gasteiger charge is -2.27. The number of aliphatic hydroxyl groups excluding tert-OH is 1. The van der Waals surface area contributed by atoms with E-state index in [9.17, 15) is 5.11 Å². The van der Waals surface area contributed by atoms with E-state index in [2.05, 4.69) is 38.8 Å². The Kier molecular flexibility index (Phi) is 3.15. The van der Waals surface area contributed by atoms with E-state index in [4.69, 9.17) is 0 Å². The van der Waals surface area contributed by atoms with Gasteiger partial charge in [0.05, 0.1) is 11.6 Å². The van der Waals surface area contributed by atoms with Gasteiger partial charge < -0.3 is 9.67 Å². The Balaban J connectivity index is 1.80. The fraction of sp³-hybridized carbons (Fsp3) is 0.529. The van der Waals surface area contributed by atoms with Crippen molar-refractivity contribution in [3.63, 3.8) is 0 Å².